The summed E-state index contributed by atoms with van der Waals surface area (Å²) in [6, 6.07) is 10.4. The molecule has 3 rings (SSSR count). The molecule has 3 nitrogen and oxygen atoms in total. The number of aromatic nitrogens is 1. The molecule has 0 radical (unpaired) electrons. The first kappa shape index (κ1) is 14.1. The van der Waals surface area contributed by atoms with E-state index in [2.05, 4.69) is 10.3 Å². The lowest BCUT2D eigenvalue weighted by molar-refractivity contribution is -0.121. The topological polar surface area (TPSA) is 42.0 Å². The third kappa shape index (κ3) is 3.60. The first-order chi connectivity index (χ1) is 10.3. The van der Waals surface area contributed by atoms with Crippen LogP contribution in [-0.2, 0) is 11.2 Å². The molecule has 0 spiro atoms. The molecule has 1 aliphatic carbocycles. The van der Waals surface area contributed by atoms with Crippen LogP contribution in [0, 0.1) is 0 Å². The van der Waals surface area contributed by atoms with E-state index in [1.807, 2.05) is 30.3 Å². The maximum absolute atomic E-state index is 12.3. The Labute approximate surface area is 125 Å². The lowest BCUT2D eigenvalue weighted by atomic mass is 10.1. The Morgan fingerprint density at radius 2 is 1.86 bits per heavy atom. The van der Waals surface area contributed by atoms with E-state index in [9.17, 15) is 4.79 Å². The molecular formula is C18H22N2O. The summed E-state index contributed by atoms with van der Waals surface area (Å²) in [5.74, 6) is 0.125. The zero-order valence-corrected chi connectivity index (χ0v) is 12.3. The Morgan fingerprint density at radius 1 is 1.10 bits per heavy atom. The molecule has 1 aromatic heterocycles. The Morgan fingerprint density at radius 3 is 2.67 bits per heavy atom. The molecule has 1 N–H and O–H groups in total. The van der Waals surface area contributed by atoms with Crippen LogP contribution in [0.15, 0.2) is 36.5 Å². The predicted octanol–water partition coefficient (Wildman–Crippen LogP) is 3.62. The number of amides is 1. The number of nitrogens with one attached hydrogen (secondary N) is 1. The Hall–Kier alpha value is -1.90. The van der Waals surface area contributed by atoms with Crippen LogP contribution in [0.25, 0.3) is 10.9 Å². The van der Waals surface area contributed by atoms with Crippen molar-refractivity contribution in [3.8, 4) is 0 Å². The van der Waals surface area contributed by atoms with Gasteiger partial charge in [-0.1, -0.05) is 49.9 Å². The van der Waals surface area contributed by atoms with E-state index in [0.717, 1.165) is 29.3 Å². The molecule has 0 unspecified atom stereocenters. The van der Waals surface area contributed by atoms with Gasteiger partial charge in [0.15, 0.2) is 0 Å². The summed E-state index contributed by atoms with van der Waals surface area (Å²) in [5.41, 5.74) is 1.95. The van der Waals surface area contributed by atoms with Crippen LogP contribution >= 0.6 is 0 Å². The van der Waals surface area contributed by atoms with Crippen molar-refractivity contribution >= 4 is 16.8 Å². The Balaban J connectivity index is 1.68. The molecule has 110 valence electrons. The second-order valence-electron chi connectivity index (χ2n) is 5.93. The van der Waals surface area contributed by atoms with Crippen molar-refractivity contribution < 1.29 is 4.79 Å². The molecule has 0 bridgehead atoms. The van der Waals surface area contributed by atoms with Gasteiger partial charge in [0.1, 0.15) is 0 Å². The molecular weight excluding hydrogens is 260 g/mol. The lowest BCUT2D eigenvalue weighted by Crippen LogP contribution is -2.35. The standard InChI is InChI=1S/C18H22N2O/c21-17(20-16-10-3-1-2-4-11-16)13-15-8-5-7-14-9-6-12-19-18(14)15/h5-9,12,16H,1-4,10-11,13H2,(H,20,21). The van der Waals surface area contributed by atoms with Crippen molar-refractivity contribution in [2.45, 2.75) is 51.0 Å². The number of nitrogens with zero attached hydrogens (tertiary/aromatic N) is 1. The van der Waals surface area contributed by atoms with Crippen LogP contribution in [-0.4, -0.2) is 16.9 Å². The third-order valence-electron chi connectivity index (χ3n) is 4.29. The van der Waals surface area contributed by atoms with Gasteiger partial charge in [0.05, 0.1) is 11.9 Å². The van der Waals surface area contributed by atoms with Crippen LogP contribution in [0.5, 0.6) is 0 Å². The summed E-state index contributed by atoms with van der Waals surface area (Å²) >= 11 is 0. The fraction of sp³-hybridized carbons (Fsp3) is 0.444. The van der Waals surface area contributed by atoms with E-state index in [0.29, 0.717) is 12.5 Å². The number of hydrogen-bond donors (Lipinski definition) is 1. The second kappa shape index (κ2) is 6.70. The van der Waals surface area contributed by atoms with Crippen molar-refractivity contribution in [3.63, 3.8) is 0 Å². The van der Waals surface area contributed by atoms with E-state index < -0.39 is 0 Å². The lowest BCUT2D eigenvalue weighted by Gasteiger charge is -2.16. The summed E-state index contributed by atoms with van der Waals surface area (Å²) < 4.78 is 0. The van der Waals surface area contributed by atoms with Crippen LogP contribution in [0.3, 0.4) is 0 Å². The van der Waals surface area contributed by atoms with Crippen molar-refractivity contribution in [1.82, 2.24) is 10.3 Å². The van der Waals surface area contributed by atoms with Crippen molar-refractivity contribution in [2.24, 2.45) is 0 Å². The molecule has 1 heterocycles. The van der Waals surface area contributed by atoms with E-state index in [1.54, 1.807) is 6.20 Å². The number of carbonyl (C=O) groups is 1. The van der Waals surface area contributed by atoms with Gasteiger partial charge < -0.3 is 5.32 Å². The largest absolute Gasteiger partial charge is 0.353 e. The minimum Gasteiger partial charge on any atom is -0.353 e. The summed E-state index contributed by atoms with van der Waals surface area (Å²) in [7, 11) is 0. The van der Waals surface area contributed by atoms with E-state index in [4.69, 9.17) is 0 Å². The predicted molar refractivity (Wildman–Crippen MR) is 85.1 cm³/mol. The van der Waals surface area contributed by atoms with E-state index in [-0.39, 0.29) is 5.91 Å². The SMILES string of the molecule is O=C(Cc1cccc2cccnc12)NC1CCCCCC1. The first-order valence-corrected chi connectivity index (χ1v) is 7.95. The summed E-state index contributed by atoms with van der Waals surface area (Å²) in [5, 5.41) is 4.30. The van der Waals surface area contributed by atoms with Crippen LogP contribution < -0.4 is 5.32 Å². The van der Waals surface area contributed by atoms with E-state index >= 15 is 0 Å². The second-order valence-corrected chi connectivity index (χ2v) is 5.93. The molecule has 1 aromatic carbocycles. The van der Waals surface area contributed by atoms with Gasteiger partial charge in [-0.05, 0) is 24.5 Å². The quantitative estimate of drug-likeness (QED) is 0.874. The van der Waals surface area contributed by atoms with E-state index in [1.165, 1.54) is 25.7 Å². The normalized spacial score (nSPS) is 16.6. The van der Waals surface area contributed by atoms with Crippen molar-refractivity contribution in [1.29, 1.82) is 0 Å². The van der Waals surface area contributed by atoms with Gasteiger partial charge in [0, 0.05) is 17.6 Å². The minimum absolute atomic E-state index is 0.125. The molecule has 0 aliphatic heterocycles. The smallest absolute Gasteiger partial charge is 0.224 e. The maximum atomic E-state index is 12.3. The molecule has 2 aromatic rings. The third-order valence-corrected chi connectivity index (χ3v) is 4.29. The number of rotatable bonds is 3. The number of benzene rings is 1. The van der Waals surface area contributed by atoms with Crippen LogP contribution in [0.2, 0.25) is 0 Å². The number of pyridine rings is 1. The Kier molecular flexibility index (Phi) is 4.49. The highest BCUT2D eigenvalue weighted by Crippen LogP contribution is 2.19. The first-order valence-electron chi connectivity index (χ1n) is 7.95. The molecule has 21 heavy (non-hydrogen) atoms. The summed E-state index contributed by atoms with van der Waals surface area (Å²) in [6.45, 7) is 0. The van der Waals surface area contributed by atoms with Gasteiger partial charge in [0.25, 0.3) is 0 Å². The van der Waals surface area contributed by atoms with Gasteiger partial charge in [-0.25, -0.2) is 0 Å². The number of para-hydroxylation sites is 1. The maximum Gasteiger partial charge on any atom is 0.224 e. The molecule has 0 atom stereocenters. The number of carbonyl (C=O) groups excluding carboxylic acids is 1. The van der Waals surface area contributed by atoms with Crippen LogP contribution in [0.4, 0.5) is 0 Å². The fourth-order valence-corrected chi connectivity index (χ4v) is 3.19. The van der Waals surface area contributed by atoms with Gasteiger partial charge in [-0.2, -0.15) is 0 Å². The Bertz CT molecular complexity index is 610. The minimum atomic E-state index is 0.125. The highest BCUT2D eigenvalue weighted by molar-refractivity contribution is 5.87. The van der Waals surface area contributed by atoms with Crippen molar-refractivity contribution in [3.05, 3.63) is 42.1 Å². The molecule has 1 amide bonds. The number of hydrogen-bond acceptors (Lipinski definition) is 2. The summed E-state index contributed by atoms with van der Waals surface area (Å²) in [4.78, 5) is 16.7. The molecule has 1 aliphatic rings. The van der Waals surface area contributed by atoms with Crippen molar-refractivity contribution in [2.75, 3.05) is 0 Å². The zero-order valence-electron chi connectivity index (χ0n) is 12.3. The summed E-state index contributed by atoms with van der Waals surface area (Å²) in [6.07, 6.45) is 9.54. The molecule has 1 fully saturated rings. The average molecular weight is 282 g/mol. The van der Waals surface area contributed by atoms with Gasteiger partial charge in [0.2, 0.25) is 5.91 Å². The average Bonchev–Trinajstić information content (AvgIpc) is 2.76. The van der Waals surface area contributed by atoms with Gasteiger partial charge in [-0.15, -0.1) is 0 Å². The highest BCUT2D eigenvalue weighted by atomic mass is 16.1. The van der Waals surface area contributed by atoms with Crippen LogP contribution in [0.1, 0.15) is 44.1 Å². The molecule has 3 heteroatoms. The molecule has 1 saturated carbocycles. The zero-order chi connectivity index (χ0) is 14.5. The van der Waals surface area contributed by atoms with Gasteiger partial charge >= 0.3 is 0 Å². The number of fused-ring (bicyclic) bond motifs is 1. The monoisotopic (exact) mass is 282 g/mol. The fourth-order valence-electron chi connectivity index (χ4n) is 3.19. The van der Waals surface area contributed by atoms with Gasteiger partial charge in [-0.3, -0.25) is 9.78 Å². The molecule has 0 saturated heterocycles. The highest BCUT2D eigenvalue weighted by Gasteiger charge is 2.15.